The van der Waals surface area contributed by atoms with Crippen molar-refractivity contribution in [3.63, 3.8) is 0 Å². The summed E-state index contributed by atoms with van der Waals surface area (Å²) in [5.74, 6) is -0.954. The van der Waals surface area contributed by atoms with E-state index in [9.17, 15) is 9.90 Å². The quantitative estimate of drug-likeness (QED) is 0.755. The summed E-state index contributed by atoms with van der Waals surface area (Å²) >= 11 is 0. The number of carboxylic acid groups (broad SMARTS) is 1. The van der Waals surface area contributed by atoms with Crippen molar-refractivity contribution < 1.29 is 9.90 Å². The molecule has 0 aliphatic heterocycles. The van der Waals surface area contributed by atoms with Crippen molar-refractivity contribution in [1.29, 1.82) is 0 Å². The Morgan fingerprint density at radius 1 is 1.44 bits per heavy atom. The van der Waals surface area contributed by atoms with Crippen molar-refractivity contribution in [2.75, 3.05) is 27.2 Å². The standard InChI is InChI=1S/C12H20N4O2/c1-9-10(14-6-5-13-9)12(2,11(17)18)15-7-8-16(3)4/h5-6,15H,7-8H2,1-4H3,(H,17,18). The van der Waals surface area contributed by atoms with E-state index in [1.165, 1.54) is 6.20 Å². The third kappa shape index (κ3) is 3.24. The zero-order valence-corrected chi connectivity index (χ0v) is 11.3. The molecule has 0 fully saturated rings. The lowest BCUT2D eigenvalue weighted by Gasteiger charge is -2.27. The summed E-state index contributed by atoms with van der Waals surface area (Å²) in [6, 6.07) is 0. The molecule has 1 aromatic heterocycles. The molecule has 6 heteroatoms. The molecule has 2 N–H and O–H groups in total. The molecule has 18 heavy (non-hydrogen) atoms. The minimum Gasteiger partial charge on any atom is -0.480 e. The van der Waals surface area contributed by atoms with Crippen LogP contribution in [-0.4, -0.2) is 53.1 Å². The first-order valence-electron chi connectivity index (χ1n) is 5.79. The largest absolute Gasteiger partial charge is 0.480 e. The number of rotatable bonds is 6. The number of carbonyl (C=O) groups is 1. The first-order valence-corrected chi connectivity index (χ1v) is 5.79. The molecule has 0 radical (unpaired) electrons. The summed E-state index contributed by atoms with van der Waals surface area (Å²) in [7, 11) is 3.88. The van der Waals surface area contributed by atoms with Gasteiger partial charge in [-0.25, -0.2) is 4.79 Å². The molecule has 0 aromatic carbocycles. The molecule has 1 rings (SSSR count). The molecule has 0 saturated carbocycles. The van der Waals surface area contributed by atoms with Crippen LogP contribution in [0, 0.1) is 6.92 Å². The number of aryl methyl sites for hydroxylation is 1. The summed E-state index contributed by atoms with van der Waals surface area (Å²) in [5, 5.41) is 12.5. The summed E-state index contributed by atoms with van der Waals surface area (Å²) in [4.78, 5) is 21.7. The summed E-state index contributed by atoms with van der Waals surface area (Å²) in [5.41, 5.74) is -0.134. The Morgan fingerprint density at radius 3 is 2.56 bits per heavy atom. The van der Waals surface area contributed by atoms with E-state index < -0.39 is 11.5 Å². The molecule has 0 saturated heterocycles. The fraction of sp³-hybridized carbons (Fsp3) is 0.583. The van der Waals surface area contributed by atoms with Gasteiger partial charge in [0, 0.05) is 25.5 Å². The smallest absolute Gasteiger partial charge is 0.329 e. The highest BCUT2D eigenvalue weighted by Gasteiger charge is 2.37. The van der Waals surface area contributed by atoms with Crippen LogP contribution in [0.2, 0.25) is 0 Å². The lowest BCUT2D eigenvalue weighted by atomic mass is 9.96. The molecule has 100 valence electrons. The molecule has 0 aliphatic carbocycles. The first kappa shape index (κ1) is 14.5. The fourth-order valence-corrected chi connectivity index (χ4v) is 1.69. The predicted molar refractivity (Wildman–Crippen MR) is 68.3 cm³/mol. The van der Waals surface area contributed by atoms with Crippen molar-refractivity contribution in [2.45, 2.75) is 19.4 Å². The molecule has 0 aliphatic rings. The van der Waals surface area contributed by atoms with Gasteiger partial charge in [-0.15, -0.1) is 0 Å². The third-order valence-corrected chi connectivity index (χ3v) is 2.82. The van der Waals surface area contributed by atoms with Crippen molar-refractivity contribution >= 4 is 5.97 Å². The highest BCUT2D eigenvalue weighted by molar-refractivity contribution is 5.79. The van der Waals surface area contributed by atoms with Crippen LogP contribution < -0.4 is 5.32 Å². The maximum atomic E-state index is 11.5. The zero-order chi connectivity index (χ0) is 13.8. The minimum atomic E-state index is -1.21. The number of nitrogens with zero attached hydrogens (tertiary/aromatic N) is 3. The number of aromatic nitrogens is 2. The first-order chi connectivity index (χ1) is 8.38. The Morgan fingerprint density at radius 2 is 2.06 bits per heavy atom. The van der Waals surface area contributed by atoms with E-state index in [4.69, 9.17) is 0 Å². The van der Waals surface area contributed by atoms with E-state index in [0.29, 0.717) is 17.9 Å². The van der Waals surface area contributed by atoms with Gasteiger partial charge in [-0.2, -0.15) is 0 Å². The second kappa shape index (κ2) is 5.88. The molecule has 1 atom stereocenters. The minimum absolute atomic E-state index is 0.455. The molecule has 6 nitrogen and oxygen atoms in total. The monoisotopic (exact) mass is 252 g/mol. The number of hydrogen-bond donors (Lipinski definition) is 2. The van der Waals surface area contributed by atoms with Gasteiger partial charge in [-0.1, -0.05) is 0 Å². The number of aliphatic carboxylic acids is 1. The van der Waals surface area contributed by atoms with E-state index in [1.54, 1.807) is 20.0 Å². The maximum Gasteiger partial charge on any atom is 0.329 e. The lowest BCUT2D eigenvalue weighted by molar-refractivity contribution is -0.144. The van der Waals surface area contributed by atoms with Gasteiger partial charge in [-0.3, -0.25) is 15.3 Å². The van der Waals surface area contributed by atoms with Crippen LogP contribution in [-0.2, 0) is 10.3 Å². The van der Waals surface area contributed by atoms with Gasteiger partial charge in [0.15, 0.2) is 5.54 Å². The molecule has 0 bridgehead atoms. The molecule has 1 unspecified atom stereocenters. The van der Waals surface area contributed by atoms with Gasteiger partial charge in [0.05, 0.1) is 11.4 Å². The van der Waals surface area contributed by atoms with Crippen LogP contribution >= 0.6 is 0 Å². The van der Waals surface area contributed by atoms with Gasteiger partial charge in [0.25, 0.3) is 0 Å². The SMILES string of the molecule is Cc1nccnc1C(C)(NCCN(C)C)C(=O)O. The summed E-state index contributed by atoms with van der Waals surface area (Å²) in [6.07, 6.45) is 3.07. The zero-order valence-electron chi connectivity index (χ0n) is 11.3. The van der Waals surface area contributed by atoms with Crippen molar-refractivity contribution in [3.05, 3.63) is 23.8 Å². The topological polar surface area (TPSA) is 78.4 Å². The van der Waals surface area contributed by atoms with Crippen LogP contribution in [0.4, 0.5) is 0 Å². The van der Waals surface area contributed by atoms with Crippen LogP contribution in [0.5, 0.6) is 0 Å². The Bertz CT molecular complexity index is 422. The normalized spacial score (nSPS) is 14.5. The Balaban J connectivity index is 2.94. The average Bonchev–Trinajstić information content (AvgIpc) is 2.28. The average molecular weight is 252 g/mol. The van der Waals surface area contributed by atoms with Crippen LogP contribution in [0.25, 0.3) is 0 Å². The number of hydrogen-bond acceptors (Lipinski definition) is 5. The molecule has 0 amide bonds. The number of likely N-dealkylation sites (N-methyl/N-ethyl adjacent to an activating group) is 1. The van der Waals surface area contributed by atoms with Crippen molar-refractivity contribution in [1.82, 2.24) is 20.2 Å². The maximum absolute atomic E-state index is 11.5. The van der Waals surface area contributed by atoms with Gasteiger partial charge >= 0.3 is 5.97 Å². The second-order valence-electron chi connectivity index (χ2n) is 4.65. The van der Waals surface area contributed by atoms with Crippen LogP contribution in [0.3, 0.4) is 0 Å². The van der Waals surface area contributed by atoms with Crippen molar-refractivity contribution in [2.24, 2.45) is 0 Å². The van der Waals surface area contributed by atoms with E-state index in [1.807, 2.05) is 19.0 Å². The van der Waals surface area contributed by atoms with Gasteiger partial charge in [0.1, 0.15) is 0 Å². The van der Waals surface area contributed by atoms with Gasteiger partial charge in [0.2, 0.25) is 0 Å². The Kier molecular flexibility index (Phi) is 4.75. The third-order valence-electron chi connectivity index (χ3n) is 2.82. The molecular formula is C12H20N4O2. The Labute approximate surface area is 107 Å². The predicted octanol–water partition coefficient (Wildman–Crippen LogP) is 0.236. The Hall–Kier alpha value is -1.53. The second-order valence-corrected chi connectivity index (χ2v) is 4.65. The molecular weight excluding hydrogens is 232 g/mol. The highest BCUT2D eigenvalue weighted by atomic mass is 16.4. The van der Waals surface area contributed by atoms with Gasteiger partial charge in [-0.05, 0) is 27.9 Å². The van der Waals surface area contributed by atoms with Crippen molar-refractivity contribution in [3.8, 4) is 0 Å². The lowest BCUT2D eigenvalue weighted by Crippen LogP contribution is -2.49. The summed E-state index contributed by atoms with van der Waals surface area (Å²) in [6.45, 7) is 4.69. The van der Waals surface area contributed by atoms with E-state index in [0.717, 1.165) is 6.54 Å². The fourth-order valence-electron chi connectivity index (χ4n) is 1.69. The van der Waals surface area contributed by atoms with E-state index >= 15 is 0 Å². The molecule has 0 spiro atoms. The van der Waals surface area contributed by atoms with Crippen LogP contribution in [0.1, 0.15) is 18.3 Å². The number of carboxylic acids is 1. The molecule has 1 heterocycles. The van der Waals surface area contributed by atoms with Crippen LogP contribution in [0.15, 0.2) is 12.4 Å². The highest BCUT2D eigenvalue weighted by Crippen LogP contribution is 2.20. The van der Waals surface area contributed by atoms with E-state index in [2.05, 4.69) is 15.3 Å². The number of nitrogens with one attached hydrogen (secondary N) is 1. The summed E-state index contributed by atoms with van der Waals surface area (Å²) < 4.78 is 0. The molecule has 1 aromatic rings. The van der Waals surface area contributed by atoms with Gasteiger partial charge < -0.3 is 10.0 Å². The van der Waals surface area contributed by atoms with E-state index in [-0.39, 0.29) is 0 Å².